The molecule has 33 heavy (non-hydrogen) atoms. The van der Waals surface area contributed by atoms with Crippen molar-refractivity contribution in [2.45, 2.75) is 12.5 Å². The summed E-state index contributed by atoms with van der Waals surface area (Å²) >= 11 is 0. The number of benzene rings is 1. The minimum Gasteiger partial charge on any atom is -0.494 e. The Morgan fingerprint density at radius 1 is 1.24 bits per heavy atom. The van der Waals surface area contributed by atoms with Gasteiger partial charge in [0.15, 0.2) is 17.1 Å². The number of imidazole rings is 1. The quantitative estimate of drug-likeness (QED) is 0.439. The number of ether oxygens (including phenoxy) is 1. The van der Waals surface area contributed by atoms with Crippen molar-refractivity contribution >= 4 is 17.0 Å². The molecule has 1 aromatic carbocycles. The third-order valence-corrected chi connectivity index (χ3v) is 5.58. The Morgan fingerprint density at radius 2 is 2.15 bits per heavy atom. The van der Waals surface area contributed by atoms with Gasteiger partial charge in [0.1, 0.15) is 11.4 Å². The Kier molecular flexibility index (Phi) is 4.25. The highest BCUT2D eigenvalue weighted by Crippen LogP contribution is 2.37. The summed E-state index contributed by atoms with van der Waals surface area (Å²) in [6, 6.07) is 6.47. The fourth-order valence-electron chi connectivity index (χ4n) is 4.03. The summed E-state index contributed by atoms with van der Waals surface area (Å²) in [7, 11) is 3.35. The van der Waals surface area contributed by atoms with Gasteiger partial charge in [-0.2, -0.15) is 5.10 Å². The number of oxazole rings is 1. The van der Waals surface area contributed by atoms with E-state index in [0.29, 0.717) is 47.1 Å². The lowest BCUT2D eigenvalue weighted by molar-refractivity contribution is 0.0627. The molecule has 6 rings (SSSR count). The molecule has 4 aromatic heterocycles. The second-order valence-corrected chi connectivity index (χ2v) is 7.56. The van der Waals surface area contributed by atoms with E-state index in [1.165, 1.54) is 0 Å². The van der Waals surface area contributed by atoms with Crippen molar-refractivity contribution in [3.8, 4) is 17.3 Å². The lowest BCUT2D eigenvalue weighted by atomic mass is 10.0. The number of aromatic nitrogens is 7. The van der Waals surface area contributed by atoms with Gasteiger partial charge in [-0.3, -0.25) is 9.48 Å². The fourth-order valence-corrected chi connectivity index (χ4v) is 4.03. The number of hydrogen-bond donors (Lipinski definition) is 1. The molecule has 12 nitrogen and oxygen atoms in total. The van der Waals surface area contributed by atoms with Gasteiger partial charge in [-0.1, -0.05) is 6.07 Å². The number of nitrogens with zero attached hydrogens (tertiary/aromatic N) is 7. The van der Waals surface area contributed by atoms with Crippen LogP contribution in [0.4, 0.5) is 0 Å². The van der Waals surface area contributed by atoms with Crippen molar-refractivity contribution in [1.82, 2.24) is 39.8 Å². The Hall–Kier alpha value is -4.48. The maximum absolute atomic E-state index is 13.5. The van der Waals surface area contributed by atoms with Crippen LogP contribution in [-0.4, -0.2) is 59.4 Å². The Balaban J connectivity index is 1.41. The summed E-state index contributed by atoms with van der Waals surface area (Å²) in [4.78, 5) is 27.3. The number of hydrogen-bond acceptors (Lipinski definition) is 9. The summed E-state index contributed by atoms with van der Waals surface area (Å²) < 4.78 is 18.7. The molecule has 0 fully saturated rings. The zero-order valence-electron chi connectivity index (χ0n) is 17.7. The SMILES string of the molecule is COc1cccc2oc([C@@H]3c4nc[nH]c4CCN3C(=O)c3nnc(-c4ccn(C)n4)o3)nc12. The largest absolute Gasteiger partial charge is 0.494 e. The van der Waals surface area contributed by atoms with Crippen molar-refractivity contribution in [2.75, 3.05) is 13.7 Å². The molecule has 0 spiro atoms. The molecule has 5 heterocycles. The maximum Gasteiger partial charge on any atom is 0.312 e. The molecule has 1 atom stereocenters. The smallest absolute Gasteiger partial charge is 0.312 e. The number of carbonyl (C=O) groups is 1. The molecule has 5 aromatic rings. The van der Waals surface area contributed by atoms with E-state index in [1.807, 2.05) is 6.07 Å². The van der Waals surface area contributed by atoms with Gasteiger partial charge >= 0.3 is 11.8 Å². The molecule has 166 valence electrons. The van der Waals surface area contributed by atoms with Crippen molar-refractivity contribution in [2.24, 2.45) is 7.05 Å². The average Bonchev–Trinajstić information content (AvgIpc) is 3.62. The topological polar surface area (TPSA) is 141 Å². The first-order valence-corrected chi connectivity index (χ1v) is 10.2. The molecule has 0 bridgehead atoms. The molecule has 0 saturated heterocycles. The number of para-hydroxylation sites is 1. The number of aromatic amines is 1. The molecule has 1 amide bonds. The van der Waals surface area contributed by atoms with Crippen LogP contribution in [0.3, 0.4) is 0 Å². The van der Waals surface area contributed by atoms with E-state index in [9.17, 15) is 4.79 Å². The van der Waals surface area contributed by atoms with Crippen LogP contribution in [0.1, 0.15) is 34.0 Å². The number of nitrogens with one attached hydrogen (secondary N) is 1. The molecule has 12 heteroatoms. The predicted molar refractivity (Wildman–Crippen MR) is 112 cm³/mol. The van der Waals surface area contributed by atoms with Crippen LogP contribution in [0.2, 0.25) is 0 Å². The number of carbonyl (C=O) groups excluding carboxylic acids is 1. The van der Waals surface area contributed by atoms with Crippen LogP contribution in [0.25, 0.3) is 22.7 Å². The number of amides is 1. The van der Waals surface area contributed by atoms with Crippen molar-refractivity contribution in [3.63, 3.8) is 0 Å². The van der Waals surface area contributed by atoms with E-state index in [2.05, 4.69) is 30.2 Å². The average molecular weight is 446 g/mol. The van der Waals surface area contributed by atoms with Gasteiger partial charge in [0.05, 0.1) is 19.1 Å². The Bertz CT molecular complexity index is 1480. The first-order chi connectivity index (χ1) is 16.1. The first-order valence-electron chi connectivity index (χ1n) is 10.2. The van der Waals surface area contributed by atoms with Crippen molar-refractivity contribution in [1.29, 1.82) is 0 Å². The monoisotopic (exact) mass is 446 g/mol. The van der Waals surface area contributed by atoms with E-state index in [4.69, 9.17) is 13.6 Å². The normalized spacial score (nSPS) is 15.7. The first kappa shape index (κ1) is 19.2. The van der Waals surface area contributed by atoms with E-state index in [-0.39, 0.29) is 11.8 Å². The lowest BCUT2D eigenvalue weighted by Gasteiger charge is -2.31. The molecule has 1 aliphatic rings. The van der Waals surface area contributed by atoms with Gasteiger partial charge in [0.2, 0.25) is 5.89 Å². The maximum atomic E-state index is 13.5. The molecule has 0 radical (unpaired) electrons. The van der Waals surface area contributed by atoms with Crippen molar-refractivity contribution in [3.05, 3.63) is 60.0 Å². The highest BCUT2D eigenvalue weighted by Gasteiger charge is 2.39. The van der Waals surface area contributed by atoms with Gasteiger partial charge in [0, 0.05) is 31.9 Å². The number of aryl methyl sites for hydroxylation is 1. The van der Waals surface area contributed by atoms with Crippen LogP contribution in [0, 0.1) is 0 Å². The van der Waals surface area contributed by atoms with E-state index in [0.717, 1.165) is 5.69 Å². The van der Waals surface area contributed by atoms with Gasteiger partial charge in [-0.05, 0) is 18.2 Å². The summed E-state index contributed by atoms with van der Waals surface area (Å²) in [5.41, 5.74) is 3.18. The summed E-state index contributed by atoms with van der Waals surface area (Å²) in [6.07, 6.45) is 3.94. The Labute approximate surface area is 186 Å². The second kappa shape index (κ2) is 7.29. The molecule has 1 N–H and O–H groups in total. The van der Waals surface area contributed by atoms with Crippen LogP contribution < -0.4 is 4.74 Å². The number of H-pyrrole nitrogens is 1. The highest BCUT2D eigenvalue weighted by molar-refractivity contribution is 5.90. The minimum atomic E-state index is -0.671. The molecule has 0 saturated carbocycles. The van der Waals surface area contributed by atoms with Crippen molar-refractivity contribution < 1.29 is 18.4 Å². The zero-order chi connectivity index (χ0) is 22.5. The van der Waals surface area contributed by atoms with E-state index in [1.54, 1.807) is 54.5 Å². The van der Waals surface area contributed by atoms with Gasteiger partial charge < -0.3 is 23.5 Å². The standard InChI is InChI=1S/C21H18N8O4/c1-28-8-6-12(27-28)18-25-26-20(33-18)21(30)29-9-7-11-15(23-10-22-11)17(29)19-24-16-13(31-2)4-3-5-14(16)32-19/h3-6,8,10,17H,7,9H2,1-2H3,(H,22,23)/t17-/m0/s1. The van der Waals surface area contributed by atoms with Crippen LogP contribution in [-0.2, 0) is 13.5 Å². The third-order valence-electron chi connectivity index (χ3n) is 5.58. The minimum absolute atomic E-state index is 0.145. The molecule has 1 aliphatic heterocycles. The van der Waals surface area contributed by atoms with Crippen LogP contribution >= 0.6 is 0 Å². The molecule has 0 unspecified atom stereocenters. The number of methoxy groups -OCH3 is 1. The molecular formula is C21H18N8O4. The van der Waals surface area contributed by atoms with Gasteiger partial charge in [0.25, 0.3) is 5.89 Å². The highest BCUT2D eigenvalue weighted by atomic mass is 16.5. The second-order valence-electron chi connectivity index (χ2n) is 7.56. The number of fused-ring (bicyclic) bond motifs is 2. The molecule has 0 aliphatic carbocycles. The molecular weight excluding hydrogens is 428 g/mol. The summed E-state index contributed by atoms with van der Waals surface area (Å²) in [6.45, 7) is 0.385. The summed E-state index contributed by atoms with van der Waals surface area (Å²) in [5.74, 6) is 0.473. The van der Waals surface area contributed by atoms with E-state index < -0.39 is 11.9 Å². The predicted octanol–water partition coefficient (Wildman–Crippen LogP) is 2.13. The van der Waals surface area contributed by atoms with E-state index >= 15 is 0 Å². The van der Waals surface area contributed by atoms with Gasteiger partial charge in [-0.25, -0.2) is 9.97 Å². The Morgan fingerprint density at radius 3 is 2.97 bits per heavy atom. The fraction of sp³-hybridized carbons (Fsp3) is 0.238. The number of rotatable bonds is 4. The summed E-state index contributed by atoms with van der Waals surface area (Å²) in [5, 5.41) is 12.2. The third kappa shape index (κ3) is 3.06. The lowest BCUT2D eigenvalue weighted by Crippen LogP contribution is -2.41. The van der Waals surface area contributed by atoms with Crippen LogP contribution in [0.15, 0.2) is 45.6 Å². The van der Waals surface area contributed by atoms with Crippen LogP contribution in [0.5, 0.6) is 5.75 Å². The van der Waals surface area contributed by atoms with Gasteiger partial charge in [-0.15, -0.1) is 10.2 Å². The zero-order valence-corrected chi connectivity index (χ0v) is 17.7.